The van der Waals surface area contributed by atoms with E-state index in [0.717, 1.165) is 38.9 Å². The summed E-state index contributed by atoms with van der Waals surface area (Å²) in [6.45, 7) is 7.37. The number of hydrogen-bond donors (Lipinski definition) is 0. The zero-order valence-corrected chi connectivity index (χ0v) is 15.7. The third-order valence-electron chi connectivity index (χ3n) is 5.14. The molecule has 1 amide bonds. The molecule has 138 valence electrons. The normalized spacial score (nSPS) is 20.6. The van der Waals surface area contributed by atoms with Crippen molar-refractivity contribution in [2.75, 3.05) is 45.8 Å². The van der Waals surface area contributed by atoms with Crippen LogP contribution in [0.25, 0.3) is 0 Å². The van der Waals surface area contributed by atoms with Gasteiger partial charge in [-0.3, -0.25) is 4.79 Å². The Balaban J connectivity index is 1.76. The molecule has 0 N–H and O–H groups in total. The van der Waals surface area contributed by atoms with E-state index in [1.54, 1.807) is 28.6 Å². The summed E-state index contributed by atoms with van der Waals surface area (Å²) in [4.78, 5) is 17.1. The number of amides is 1. The van der Waals surface area contributed by atoms with Crippen molar-refractivity contribution in [3.8, 4) is 0 Å². The molecule has 0 aromatic heterocycles. The number of piperidine rings is 1. The highest BCUT2D eigenvalue weighted by molar-refractivity contribution is 7.89. The summed E-state index contributed by atoms with van der Waals surface area (Å²) in [5.41, 5.74) is 0.461. The predicted octanol–water partition coefficient (Wildman–Crippen LogP) is 1.64. The maximum atomic E-state index is 12.8. The van der Waals surface area contributed by atoms with Gasteiger partial charge in [0.25, 0.3) is 5.91 Å². The molecule has 0 aliphatic carbocycles. The van der Waals surface area contributed by atoms with Crippen LogP contribution in [0.15, 0.2) is 29.2 Å². The van der Waals surface area contributed by atoms with Crippen LogP contribution in [0.5, 0.6) is 0 Å². The van der Waals surface area contributed by atoms with Gasteiger partial charge in [0.1, 0.15) is 0 Å². The van der Waals surface area contributed by atoms with Gasteiger partial charge in [0.05, 0.1) is 4.90 Å². The average Bonchev–Trinajstić information content (AvgIpc) is 2.68. The lowest BCUT2D eigenvalue weighted by molar-refractivity contribution is 0.0643. The minimum atomic E-state index is -3.51. The topological polar surface area (TPSA) is 60.9 Å². The summed E-state index contributed by atoms with van der Waals surface area (Å²) in [6.07, 6.45) is 2.88. The molecular formula is C18H27N3O3S. The first-order valence-electron chi connectivity index (χ1n) is 9.14. The molecule has 0 atom stereocenters. The van der Waals surface area contributed by atoms with Crippen molar-refractivity contribution >= 4 is 15.9 Å². The van der Waals surface area contributed by atoms with Gasteiger partial charge in [0.15, 0.2) is 0 Å². The Bertz CT molecular complexity index is 706. The molecule has 2 aliphatic rings. The zero-order valence-electron chi connectivity index (χ0n) is 14.9. The second kappa shape index (κ2) is 7.85. The van der Waals surface area contributed by atoms with Crippen LogP contribution in [0.3, 0.4) is 0 Å². The Morgan fingerprint density at radius 1 is 1.00 bits per heavy atom. The van der Waals surface area contributed by atoms with Crippen molar-refractivity contribution in [1.82, 2.24) is 14.1 Å². The van der Waals surface area contributed by atoms with Gasteiger partial charge in [0.2, 0.25) is 10.0 Å². The summed E-state index contributed by atoms with van der Waals surface area (Å²) in [5, 5.41) is 0. The lowest BCUT2D eigenvalue weighted by Crippen LogP contribution is -2.48. The molecule has 7 heteroatoms. The summed E-state index contributed by atoms with van der Waals surface area (Å²) < 4.78 is 27.2. The molecule has 6 nitrogen and oxygen atoms in total. The quantitative estimate of drug-likeness (QED) is 0.814. The van der Waals surface area contributed by atoms with E-state index in [-0.39, 0.29) is 10.8 Å². The van der Waals surface area contributed by atoms with E-state index in [0.29, 0.717) is 31.7 Å². The van der Waals surface area contributed by atoms with E-state index in [1.807, 2.05) is 4.90 Å². The third kappa shape index (κ3) is 4.04. The van der Waals surface area contributed by atoms with Gasteiger partial charge in [-0.1, -0.05) is 19.4 Å². The predicted molar refractivity (Wildman–Crippen MR) is 97.1 cm³/mol. The van der Waals surface area contributed by atoms with Gasteiger partial charge >= 0.3 is 0 Å². The molecule has 0 saturated carbocycles. The smallest absolute Gasteiger partial charge is 0.253 e. The fourth-order valence-corrected chi connectivity index (χ4v) is 5.06. The second-order valence-electron chi connectivity index (χ2n) is 6.72. The number of rotatable bonds is 4. The van der Waals surface area contributed by atoms with Crippen LogP contribution in [0.4, 0.5) is 0 Å². The van der Waals surface area contributed by atoms with Crippen LogP contribution in [0, 0.1) is 0 Å². The van der Waals surface area contributed by atoms with Crippen molar-refractivity contribution in [3.63, 3.8) is 0 Å². The van der Waals surface area contributed by atoms with Crippen LogP contribution in [-0.2, 0) is 10.0 Å². The lowest BCUT2D eigenvalue weighted by Gasteiger charge is -2.34. The zero-order chi connectivity index (χ0) is 17.9. The van der Waals surface area contributed by atoms with E-state index < -0.39 is 10.0 Å². The molecule has 0 bridgehead atoms. The van der Waals surface area contributed by atoms with Crippen molar-refractivity contribution in [2.24, 2.45) is 0 Å². The van der Waals surface area contributed by atoms with Crippen molar-refractivity contribution in [3.05, 3.63) is 29.8 Å². The third-order valence-corrected chi connectivity index (χ3v) is 7.04. The summed E-state index contributed by atoms with van der Waals surface area (Å²) in [5.74, 6) is -0.0774. The molecule has 2 heterocycles. The minimum Gasteiger partial charge on any atom is -0.336 e. The van der Waals surface area contributed by atoms with E-state index in [4.69, 9.17) is 0 Å². The molecule has 0 unspecified atom stereocenters. The van der Waals surface area contributed by atoms with Gasteiger partial charge in [-0.05, 0) is 37.6 Å². The maximum absolute atomic E-state index is 12.8. The molecule has 2 fully saturated rings. The van der Waals surface area contributed by atoms with Crippen molar-refractivity contribution < 1.29 is 13.2 Å². The maximum Gasteiger partial charge on any atom is 0.253 e. The standard InChI is InChI=1S/C18H27N3O3S/c1-2-19-11-13-20(14-12-19)18(22)16-7-6-8-17(15-16)25(23,24)21-9-4-3-5-10-21/h6-8,15H,2-5,9-14H2,1H3. The van der Waals surface area contributed by atoms with Gasteiger partial charge in [-0.15, -0.1) is 0 Å². The number of nitrogens with zero attached hydrogens (tertiary/aromatic N) is 3. The molecule has 2 aliphatic heterocycles. The Kier molecular flexibility index (Phi) is 5.76. The number of benzene rings is 1. The van der Waals surface area contributed by atoms with Crippen LogP contribution in [0.2, 0.25) is 0 Å². The van der Waals surface area contributed by atoms with Gasteiger partial charge in [-0.2, -0.15) is 4.31 Å². The van der Waals surface area contributed by atoms with Crippen LogP contribution < -0.4 is 0 Å². The monoisotopic (exact) mass is 365 g/mol. The first-order chi connectivity index (χ1) is 12.0. The largest absolute Gasteiger partial charge is 0.336 e. The van der Waals surface area contributed by atoms with E-state index in [1.165, 1.54) is 0 Å². The highest BCUT2D eigenvalue weighted by atomic mass is 32.2. The molecular weight excluding hydrogens is 338 g/mol. The molecule has 2 saturated heterocycles. The molecule has 3 rings (SSSR count). The van der Waals surface area contributed by atoms with E-state index in [9.17, 15) is 13.2 Å². The van der Waals surface area contributed by atoms with Gasteiger partial charge in [0, 0.05) is 44.8 Å². The van der Waals surface area contributed by atoms with Crippen molar-refractivity contribution in [1.29, 1.82) is 0 Å². The first-order valence-corrected chi connectivity index (χ1v) is 10.6. The number of carbonyl (C=O) groups excluding carboxylic acids is 1. The number of hydrogen-bond acceptors (Lipinski definition) is 4. The highest BCUT2D eigenvalue weighted by Gasteiger charge is 2.27. The fraction of sp³-hybridized carbons (Fsp3) is 0.611. The number of sulfonamides is 1. The SMILES string of the molecule is CCN1CCN(C(=O)c2cccc(S(=O)(=O)N3CCCCC3)c2)CC1. The Hall–Kier alpha value is -1.44. The second-order valence-corrected chi connectivity index (χ2v) is 8.66. The van der Waals surface area contributed by atoms with Gasteiger partial charge < -0.3 is 9.80 Å². The summed E-state index contributed by atoms with van der Waals surface area (Å²) >= 11 is 0. The van der Waals surface area contributed by atoms with Crippen molar-refractivity contribution in [2.45, 2.75) is 31.1 Å². The Labute approximate surface area is 150 Å². The Morgan fingerprint density at radius 3 is 2.32 bits per heavy atom. The molecule has 25 heavy (non-hydrogen) atoms. The van der Waals surface area contributed by atoms with Crippen LogP contribution in [-0.4, -0.2) is 74.2 Å². The summed E-state index contributed by atoms with van der Waals surface area (Å²) in [7, 11) is -3.51. The summed E-state index contributed by atoms with van der Waals surface area (Å²) in [6, 6.07) is 6.52. The number of carbonyl (C=O) groups is 1. The molecule has 0 spiro atoms. The van der Waals surface area contributed by atoms with E-state index >= 15 is 0 Å². The highest BCUT2D eigenvalue weighted by Crippen LogP contribution is 2.22. The number of piperazine rings is 1. The molecule has 1 aromatic rings. The van der Waals surface area contributed by atoms with E-state index in [2.05, 4.69) is 11.8 Å². The minimum absolute atomic E-state index is 0.0774. The van der Waals surface area contributed by atoms with Crippen LogP contribution in [0.1, 0.15) is 36.5 Å². The first kappa shape index (κ1) is 18.4. The fourth-order valence-electron chi connectivity index (χ4n) is 3.49. The number of likely N-dealkylation sites (N-methyl/N-ethyl adjacent to an activating group) is 1. The average molecular weight is 365 g/mol. The Morgan fingerprint density at radius 2 is 1.68 bits per heavy atom. The lowest BCUT2D eigenvalue weighted by atomic mass is 10.2. The van der Waals surface area contributed by atoms with Crippen LogP contribution >= 0.6 is 0 Å². The molecule has 1 aromatic carbocycles. The van der Waals surface area contributed by atoms with Gasteiger partial charge in [-0.25, -0.2) is 8.42 Å². The molecule has 0 radical (unpaired) electrons.